The molecule has 0 saturated carbocycles. The van der Waals surface area contributed by atoms with Gasteiger partial charge in [0.2, 0.25) is 0 Å². The van der Waals surface area contributed by atoms with Crippen molar-refractivity contribution in [1.82, 2.24) is 0 Å². The summed E-state index contributed by atoms with van der Waals surface area (Å²) in [4.78, 5) is 0. The second kappa shape index (κ2) is 5.81. The van der Waals surface area contributed by atoms with E-state index in [1.54, 1.807) is 0 Å². The Kier molecular flexibility index (Phi) is 5.00. The van der Waals surface area contributed by atoms with Crippen molar-refractivity contribution in [3.8, 4) is 0 Å². The van der Waals surface area contributed by atoms with Gasteiger partial charge >= 0.3 is 88.1 Å². The van der Waals surface area contributed by atoms with E-state index in [2.05, 4.69) is 31.2 Å². The second-order valence-electron chi connectivity index (χ2n) is 2.96. The molecule has 0 fully saturated rings. The molecule has 1 aromatic carbocycles. The van der Waals surface area contributed by atoms with E-state index >= 15 is 0 Å². The number of rotatable bonds is 4. The standard InChI is InChI=1S/C10H13.S.Sn.H/c1-2-3-7-10-8-5-4-6-9-10;;;/h5-6,8-9H,2-3,7H2,1H3;;;. The van der Waals surface area contributed by atoms with Gasteiger partial charge in [-0.2, -0.15) is 0 Å². The van der Waals surface area contributed by atoms with Crippen LogP contribution in [-0.2, 0) is 6.42 Å². The zero-order valence-corrected chi connectivity index (χ0v) is 11.5. The van der Waals surface area contributed by atoms with Crippen LogP contribution >= 0.6 is 9.29 Å². The molecule has 0 aliphatic carbocycles. The first-order valence-corrected chi connectivity index (χ1v) is 10.6. The molecule has 0 aromatic heterocycles. The first-order chi connectivity index (χ1) is 5.86. The third-order valence-corrected chi connectivity index (χ3v) is 5.64. The molecule has 0 aliphatic heterocycles. The van der Waals surface area contributed by atoms with Crippen molar-refractivity contribution >= 4 is 32.1 Å². The van der Waals surface area contributed by atoms with Crippen molar-refractivity contribution in [2.24, 2.45) is 0 Å². The zero-order chi connectivity index (χ0) is 8.81. The Labute approximate surface area is 87.8 Å². The average Bonchev–Trinajstić information content (AvgIpc) is 2.15. The zero-order valence-electron chi connectivity index (χ0n) is 7.42. The first-order valence-electron chi connectivity index (χ1n) is 4.41. The quantitative estimate of drug-likeness (QED) is 0.764. The van der Waals surface area contributed by atoms with Crippen LogP contribution in [0.4, 0.5) is 0 Å². The van der Waals surface area contributed by atoms with E-state index in [9.17, 15) is 0 Å². The van der Waals surface area contributed by atoms with E-state index in [1.165, 1.54) is 28.4 Å². The third kappa shape index (κ3) is 3.31. The monoisotopic (exact) mass is 286 g/mol. The van der Waals surface area contributed by atoms with E-state index in [1.807, 2.05) is 0 Å². The number of hydrogen-bond acceptors (Lipinski definition) is 1. The number of aryl methyl sites for hydroxylation is 1. The van der Waals surface area contributed by atoms with Crippen LogP contribution in [0.3, 0.4) is 0 Å². The van der Waals surface area contributed by atoms with Gasteiger partial charge in [-0.3, -0.25) is 0 Å². The van der Waals surface area contributed by atoms with Gasteiger partial charge in [-0.25, -0.2) is 0 Å². The van der Waals surface area contributed by atoms with Crippen LogP contribution in [0.1, 0.15) is 25.3 Å². The van der Waals surface area contributed by atoms with E-state index in [0.717, 1.165) is 0 Å². The Balaban J connectivity index is 2.58. The van der Waals surface area contributed by atoms with Crippen LogP contribution in [0, 0.1) is 0 Å². The average molecular weight is 285 g/mol. The van der Waals surface area contributed by atoms with Gasteiger partial charge in [-0.15, -0.1) is 0 Å². The summed E-state index contributed by atoms with van der Waals surface area (Å²) < 4.78 is 1.44. The SMILES string of the molecule is CCCCc1cc[c]([SnH]=[S])cc1. The minimum absolute atomic E-state index is 0.762. The van der Waals surface area contributed by atoms with Crippen molar-refractivity contribution in [3.05, 3.63) is 29.8 Å². The van der Waals surface area contributed by atoms with Gasteiger partial charge in [0, 0.05) is 0 Å². The molecule has 64 valence electrons. The molecule has 0 bridgehead atoms. The summed E-state index contributed by atoms with van der Waals surface area (Å²) in [5.41, 5.74) is 1.46. The van der Waals surface area contributed by atoms with Crippen molar-refractivity contribution in [1.29, 1.82) is 0 Å². The molecular weight excluding hydrogens is 271 g/mol. The molecule has 0 N–H and O–H groups in total. The molecule has 0 radical (unpaired) electrons. The van der Waals surface area contributed by atoms with Gasteiger partial charge in [0.05, 0.1) is 0 Å². The molecule has 0 saturated heterocycles. The van der Waals surface area contributed by atoms with Crippen molar-refractivity contribution in [2.75, 3.05) is 0 Å². The topological polar surface area (TPSA) is 0 Å². The van der Waals surface area contributed by atoms with Crippen LogP contribution in [0.2, 0.25) is 0 Å². The Morgan fingerprint density at radius 3 is 2.42 bits per heavy atom. The van der Waals surface area contributed by atoms with Crippen LogP contribution < -0.4 is 3.58 Å². The molecule has 0 atom stereocenters. The van der Waals surface area contributed by atoms with Crippen molar-refractivity contribution in [3.63, 3.8) is 0 Å². The van der Waals surface area contributed by atoms with Gasteiger partial charge in [0.25, 0.3) is 0 Å². The van der Waals surface area contributed by atoms with Crippen LogP contribution in [0.25, 0.3) is 0 Å². The Morgan fingerprint density at radius 1 is 1.25 bits per heavy atom. The van der Waals surface area contributed by atoms with Gasteiger partial charge < -0.3 is 0 Å². The molecule has 0 heterocycles. The van der Waals surface area contributed by atoms with Gasteiger partial charge in [-0.05, 0) is 0 Å². The predicted molar refractivity (Wildman–Crippen MR) is 59.4 cm³/mol. The van der Waals surface area contributed by atoms with Crippen LogP contribution in [0.5, 0.6) is 0 Å². The Morgan fingerprint density at radius 2 is 1.92 bits per heavy atom. The van der Waals surface area contributed by atoms with E-state index in [0.29, 0.717) is 0 Å². The van der Waals surface area contributed by atoms with Gasteiger partial charge in [-0.1, -0.05) is 0 Å². The molecule has 1 rings (SSSR count). The van der Waals surface area contributed by atoms with E-state index < -0.39 is 19.2 Å². The van der Waals surface area contributed by atoms with Gasteiger partial charge in [0.1, 0.15) is 0 Å². The fourth-order valence-corrected chi connectivity index (χ4v) is 3.20. The molecule has 0 aliphatic rings. The van der Waals surface area contributed by atoms with E-state index in [4.69, 9.17) is 9.29 Å². The van der Waals surface area contributed by atoms with Crippen molar-refractivity contribution in [2.45, 2.75) is 26.2 Å². The fourth-order valence-electron chi connectivity index (χ4n) is 1.14. The summed E-state index contributed by atoms with van der Waals surface area (Å²) in [7, 11) is 5.14. The third-order valence-electron chi connectivity index (χ3n) is 1.93. The van der Waals surface area contributed by atoms with Crippen molar-refractivity contribution < 1.29 is 0 Å². The molecule has 2 heteroatoms. The Bertz CT molecular complexity index is 241. The molecule has 0 nitrogen and oxygen atoms in total. The molecule has 1 aromatic rings. The molecule has 12 heavy (non-hydrogen) atoms. The summed E-state index contributed by atoms with van der Waals surface area (Å²) >= 11 is -0.762. The maximum atomic E-state index is 5.14. The van der Waals surface area contributed by atoms with Crippen LogP contribution in [-0.4, -0.2) is 19.2 Å². The number of unbranched alkanes of at least 4 members (excludes halogenated alkanes) is 1. The normalized spacial score (nSPS) is 9.75. The summed E-state index contributed by atoms with van der Waals surface area (Å²) in [6.45, 7) is 2.23. The fraction of sp³-hybridized carbons (Fsp3) is 0.400. The predicted octanol–water partition coefficient (Wildman–Crippen LogP) is 2.20. The summed E-state index contributed by atoms with van der Waals surface area (Å²) in [5.74, 6) is 0. The molecule has 0 unspecified atom stereocenters. The van der Waals surface area contributed by atoms with Crippen LogP contribution in [0.15, 0.2) is 24.3 Å². The number of benzene rings is 1. The first kappa shape index (κ1) is 10.3. The number of hydrogen-bond donors (Lipinski definition) is 0. The summed E-state index contributed by atoms with van der Waals surface area (Å²) in [6, 6.07) is 8.92. The summed E-state index contributed by atoms with van der Waals surface area (Å²) in [6.07, 6.45) is 3.80. The maximum absolute atomic E-state index is 5.14. The van der Waals surface area contributed by atoms with Gasteiger partial charge in [0.15, 0.2) is 0 Å². The molecule has 0 spiro atoms. The molecular formula is C10H14SSn. The molecule has 0 amide bonds. The summed E-state index contributed by atoms with van der Waals surface area (Å²) in [5, 5.41) is 0. The van der Waals surface area contributed by atoms with E-state index in [-0.39, 0.29) is 0 Å². The Hall–Kier alpha value is 0.239. The second-order valence-corrected chi connectivity index (χ2v) is 7.12. The minimum atomic E-state index is -0.762.